The summed E-state index contributed by atoms with van der Waals surface area (Å²) in [5.74, 6) is 1.30. The van der Waals surface area contributed by atoms with Crippen LogP contribution in [0, 0.1) is 0 Å². The minimum Gasteiger partial charge on any atom is -0.440 e. The molecule has 0 aliphatic carbocycles. The van der Waals surface area contributed by atoms with Gasteiger partial charge in [-0.25, -0.2) is 4.98 Å². The average Bonchev–Trinajstić information content (AvgIpc) is 3.18. The van der Waals surface area contributed by atoms with Crippen LogP contribution in [0.2, 0.25) is 0 Å². The minimum absolute atomic E-state index is 0.198. The molecule has 1 amide bonds. The Morgan fingerprint density at radius 2 is 1.90 bits per heavy atom. The Morgan fingerprint density at radius 1 is 1.17 bits per heavy atom. The van der Waals surface area contributed by atoms with Gasteiger partial charge in [-0.3, -0.25) is 9.69 Å². The highest BCUT2D eigenvalue weighted by atomic mass is 32.2. The summed E-state index contributed by atoms with van der Waals surface area (Å²) >= 11 is 1.74. The van der Waals surface area contributed by atoms with Crippen molar-refractivity contribution in [2.45, 2.75) is 30.2 Å². The van der Waals surface area contributed by atoms with E-state index >= 15 is 0 Å². The second kappa shape index (κ2) is 9.01. The van der Waals surface area contributed by atoms with Crippen LogP contribution in [0.1, 0.15) is 30.2 Å². The molecule has 3 aromatic rings. The van der Waals surface area contributed by atoms with E-state index in [1.54, 1.807) is 11.8 Å². The van der Waals surface area contributed by atoms with Gasteiger partial charge >= 0.3 is 0 Å². The molecule has 1 aromatic heterocycles. The van der Waals surface area contributed by atoms with Crippen LogP contribution in [0.25, 0.3) is 11.1 Å². The molecule has 5 nitrogen and oxygen atoms in total. The Morgan fingerprint density at radius 3 is 2.59 bits per heavy atom. The molecule has 152 valence electrons. The number of carbonyl (C=O) groups excluding carboxylic acids is 1. The number of fused-ring (bicyclic) bond motifs is 1. The van der Waals surface area contributed by atoms with E-state index < -0.39 is 0 Å². The van der Waals surface area contributed by atoms with Crippen LogP contribution in [0.15, 0.2) is 57.8 Å². The molecule has 1 fully saturated rings. The third-order valence-electron chi connectivity index (χ3n) is 5.52. The molecule has 2 heterocycles. The maximum absolute atomic E-state index is 12.7. The number of hydrogen-bond donors (Lipinski definition) is 0. The predicted octanol–water partition coefficient (Wildman–Crippen LogP) is 4.39. The maximum Gasteiger partial charge on any atom is 0.236 e. The van der Waals surface area contributed by atoms with Gasteiger partial charge in [0.1, 0.15) is 5.52 Å². The van der Waals surface area contributed by atoms with Crippen molar-refractivity contribution in [3.05, 3.63) is 60.0 Å². The lowest BCUT2D eigenvalue weighted by Crippen LogP contribution is -2.42. The van der Waals surface area contributed by atoms with Gasteiger partial charge in [0.15, 0.2) is 11.5 Å². The number of piperidine rings is 1. The molecule has 0 saturated carbocycles. The lowest BCUT2D eigenvalue weighted by atomic mass is 9.97. The van der Waals surface area contributed by atoms with Crippen molar-refractivity contribution in [2.24, 2.45) is 0 Å². The second-order valence-electron chi connectivity index (χ2n) is 7.70. The smallest absolute Gasteiger partial charge is 0.236 e. The molecule has 6 heteroatoms. The van der Waals surface area contributed by atoms with E-state index in [2.05, 4.69) is 40.4 Å². The zero-order valence-electron chi connectivity index (χ0n) is 17.0. The fourth-order valence-electron chi connectivity index (χ4n) is 3.87. The van der Waals surface area contributed by atoms with Gasteiger partial charge in [-0.15, -0.1) is 11.8 Å². The molecule has 1 aliphatic heterocycles. The van der Waals surface area contributed by atoms with Gasteiger partial charge in [-0.05, 0) is 56.0 Å². The summed E-state index contributed by atoms with van der Waals surface area (Å²) in [6.07, 6.45) is 3.88. The number of likely N-dealkylation sites (N-methyl/N-ethyl adjacent to an activating group) is 1. The number of thioether (sulfide) groups is 1. The summed E-state index contributed by atoms with van der Waals surface area (Å²) in [6, 6.07) is 16.4. The van der Waals surface area contributed by atoms with Crippen LogP contribution < -0.4 is 0 Å². The normalized spacial score (nSPS) is 15.3. The number of aromatic nitrogens is 1. The molecular formula is C23H27N3O2S. The SMILES string of the molecule is CSc1ccc(CN(C)CC(=O)N2CCC(c3nc4ccccc4o3)CC2)cc1. The fraction of sp³-hybridized carbons (Fsp3) is 0.391. The predicted molar refractivity (Wildman–Crippen MR) is 117 cm³/mol. The lowest BCUT2D eigenvalue weighted by Gasteiger charge is -2.32. The molecule has 1 saturated heterocycles. The first-order chi connectivity index (χ1) is 14.1. The summed E-state index contributed by atoms with van der Waals surface area (Å²) in [6.45, 7) is 2.74. The average molecular weight is 410 g/mol. The van der Waals surface area contributed by atoms with Crippen molar-refractivity contribution in [1.29, 1.82) is 0 Å². The van der Waals surface area contributed by atoms with Gasteiger partial charge in [0.2, 0.25) is 5.91 Å². The van der Waals surface area contributed by atoms with E-state index in [1.807, 2.05) is 36.2 Å². The third-order valence-corrected chi connectivity index (χ3v) is 6.27. The highest BCUT2D eigenvalue weighted by Gasteiger charge is 2.27. The zero-order chi connectivity index (χ0) is 20.2. The molecule has 2 aromatic carbocycles. The van der Waals surface area contributed by atoms with Gasteiger partial charge in [0, 0.05) is 30.4 Å². The van der Waals surface area contributed by atoms with Crippen molar-refractivity contribution < 1.29 is 9.21 Å². The van der Waals surface area contributed by atoms with E-state index in [4.69, 9.17) is 4.42 Å². The topological polar surface area (TPSA) is 49.6 Å². The molecule has 0 spiro atoms. The van der Waals surface area contributed by atoms with Crippen LogP contribution in [-0.2, 0) is 11.3 Å². The Hall–Kier alpha value is -2.31. The third kappa shape index (κ3) is 4.82. The second-order valence-corrected chi connectivity index (χ2v) is 8.57. The Kier molecular flexibility index (Phi) is 6.21. The van der Waals surface area contributed by atoms with Crippen LogP contribution in [-0.4, -0.2) is 53.6 Å². The van der Waals surface area contributed by atoms with E-state index in [1.165, 1.54) is 10.5 Å². The summed E-state index contributed by atoms with van der Waals surface area (Å²) in [7, 11) is 2.01. The summed E-state index contributed by atoms with van der Waals surface area (Å²) in [5.41, 5.74) is 2.98. The van der Waals surface area contributed by atoms with Crippen molar-refractivity contribution in [1.82, 2.24) is 14.8 Å². The minimum atomic E-state index is 0.198. The largest absolute Gasteiger partial charge is 0.440 e. The summed E-state index contributed by atoms with van der Waals surface area (Å²) in [4.78, 5) is 22.7. The standard InChI is InChI=1S/C23H27N3O2S/c1-25(15-17-7-9-19(29-2)10-8-17)16-22(27)26-13-11-18(12-14-26)23-24-20-5-3-4-6-21(20)28-23/h3-10,18H,11-16H2,1-2H3. The molecule has 0 bridgehead atoms. The van der Waals surface area contributed by atoms with Crippen LogP contribution >= 0.6 is 11.8 Å². The maximum atomic E-state index is 12.7. The first-order valence-electron chi connectivity index (χ1n) is 10.1. The number of carbonyl (C=O) groups is 1. The number of nitrogens with zero attached hydrogens (tertiary/aromatic N) is 3. The van der Waals surface area contributed by atoms with E-state index in [0.29, 0.717) is 12.5 Å². The summed E-state index contributed by atoms with van der Waals surface area (Å²) in [5, 5.41) is 0. The van der Waals surface area contributed by atoms with Crippen molar-refractivity contribution >= 4 is 28.8 Å². The zero-order valence-corrected chi connectivity index (χ0v) is 17.8. The van der Waals surface area contributed by atoms with Gasteiger partial charge in [-0.1, -0.05) is 24.3 Å². The highest BCUT2D eigenvalue weighted by molar-refractivity contribution is 7.98. The number of para-hydroxylation sites is 2. The number of benzene rings is 2. The van der Waals surface area contributed by atoms with Crippen molar-refractivity contribution in [3.63, 3.8) is 0 Å². The molecule has 0 atom stereocenters. The van der Waals surface area contributed by atoms with Crippen molar-refractivity contribution in [3.8, 4) is 0 Å². The van der Waals surface area contributed by atoms with E-state index in [0.717, 1.165) is 49.5 Å². The fourth-order valence-corrected chi connectivity index (χ4v) is 4.28. The first-order valence-corrected chi connectivity index (χ1v) is 11.3. The van der Waals surface area contributed by atoms with Crippen LogP contribution in [0.4, 0.5) is 0 Å². The number of rotatable bonds is 6. The number of likely N-dealkylation sites (tertiary alicyclic amines) is 1. The monoisotopic (exact) mass is 409 g/mol. The van der Waals surface area contributed by atoms with Gasteiger partial charge in [0.25, 0.3) is 0 Å². The Balaban J connectivity index is 1.28. The molecule has 0 unspecified atom stereocenters. The lowest BCUT2D eigenvalue weighted by molar-refractivity contribution is -0.133. The van der Waals surface area contributed by atoms with E-state index in [9.17, 15) is 4.79 Å². The molecular weight excluding hydrogens is 382 g/mol. The molecule has 4 rings (SSSR count). The summed E-state index contributed by atoms with van der Waals surface area (Å²) < 4.78 is 5.93. The van der Waals surface area contributed by atoms with Gasteiger partial charge in [-0.2, -0.15) is 0 Å². The Bertz CT molecular complexity index is 929. The molecule has 1 aliphatic rings. The molecule has 0 N–H and O–H groups in total. The number of amides is 1. The van der Waals surface area contributed by atoms with Gasteiger partial charge < -0.3 is 9.32 Å². The molecule has 29 heavy (non-hydrogen) atoms. The Labute approximate surface area is 176 Å². The number of hydrogen-bond acceptors (Lipinski definition) is 5. The first kappa shape index (κ1) is 20.0. The molecule has 0 radical (unpaired) electrons. The highest BCUT2D eigenvalue weighted by Crippen LogP contribution is 2.30. The number of oxazole rings is 1. The quantitative estimate of drug-likeness (QED) is 0.565. The van der Waals surface area contributed by atoms with E-state index in [-0.39, 0.29) is 5.91 Å². The van der Waals surface area contributed by atoms with Crippen LogP contribution in [0.3, 0.4) is 0 Å². The van der Waals surface area contributed by atoms with Crippen LogP contribution in [0.5, 0.6) is 0 Å². The van der Waals surface area contributed by atoms with Gasteiger partial charge in [0.05, 0.1) is 6.54 Å². The van der Waals surface area contributed by atoms with Crippen molar-refractivity contribution in [2.75, 3.05) is 32.9 Å².